The fourth-order valence-corrected chi connectivity index (χ4v) is 1.56. The monoisotopic (exact) mass is 274 g/mol. The Morgan fingerprint density at radius 2 is 1.95 bits per heavy atom. The van der Waals surface area contributed by atoms with Gasteiger partial charge in [0.2, 0.25) is 0 Å². The molecule has 0 radical (unpaired) electrons. The number of anilines is 1. The SMILES string of the molecule is Cc1ccc(OCNC(=O)Nc2cccc(F)c2)cc1. The lowest BCUT2D eigenvalue weighted by Crippen LogP contribution is -2.32. The van der Waals surface area contributed by atoms with Crippen LogP contribution in [0.3, 0.4) is 0 Å². The zero-order valence-corrected chi connectivity index (χ0v) is 11.0. The van der Waals surface area contributed by atoms with Gasteiger partial charge >= 0.3 is 6.03 Å². The van der Waals surface area contributed by atoms with E-state index in [1.165, 1.54) is 18.2 Å². The summed E-state index contributed by atoms with van der Waals surface area (Å²) in [7, 11) is 0. The summed E-state index contributed by atoms with van der Waals surface area (Å²) in [6.45, 7) is 2.01. The Labute approximate surface area is 116 Å². The van der Waals surface area contributed by atoms with Gasteiger partial charge < -0.3 is 15.4 Å². The molecular weight excluding hydrogens is 259 g/mol. The van der Waals surface area contributed by atoms with Gasteiger partial charge in [-0.3, -0.25) is 0 Å². The Morgan fingerprint density at radius 1 is 1.20 bits per heavy atom. The minimum atomic E-state index is -0.456. The van der Waals surface area contributed by atoms with Gasteiger partial charge in [0.15, 0.2) is 6.73 Å². The summed E-state index contributed by atoms with van der Waals surface area (Å²) in [5.41, 5.74) is 1.52. The first kappa shape index (κ1) is 13.9. The molecule has 0 aromatic heterocycles. The van der Waals surface area contributed by atoms with E-state index < -0.39 is 11.8 Å². The third kappa shape index (κ3) is 4.28. The van der Waals surface area contributed by atoms with Crippen molar-refractivity contribution in [3.63, 3.8) is 0 Å². The standard InChI is InChI=1S/C15H15FN2O2/c1-11-5-7-14(8-6-11)20-10-17-15(19)18-13-4-2-3-12(16)9-13/h2-9H,10H2,1H3,(H2,17,18,19). The third-order valence-corrected chi connectivity index (χ3v) is 2.58. The highest BCUT2D eigenvalue weighted by Gasteiger charge is 2.02. The van der Waals surface area contributed by atoms with E-state index in [1.807, 2.05) is 31.2 Å². The number of halogens is 1. The predicted molar refractivity (Wildman–Crippen MR) is 75.2 cm³/mol. The van der Waals surface area contributed by atoms with E-state index in [-0.39, 0.29) is 6.73 Å². The topological polar surface area (TPSA) is 50.4 Å². The van der Waals surface area contributed by atoms with Crippen LogP contribution in [0.25, 0.3) is 0 Å². The number of benzene rings is 2. The number of hydrogen-bond acceptors (Lipinski definition) is 2. The van der Waals surface area contributed by atoms with Crippen LogP contribution in [0.15, 0.2) is 48.5 Å². The Balaban J connectivity index is 1.76. The molecule has 0 heterocycles. The molecular formula is C15H15FN2O2. The number of carbonyl (C=O) groups excluding carboxylic acids is 1. The van der Waals surface area contributed by atoms with Crippen LogP contribution < -0.4 is 15.4 Å². The fraction of sp³-hybridized carbons (Fsp3) is 0.133. The lowest BCUT2D eigenvalue weighted by atomic mass is 10.2. The molecule has 4 nitrogen and oxygen atoms in total. The van der Waals surface area contributed by atoms with Crippen molar-refractivity contribution >= 4 is 11.7 Å². The molecule has 0 saturated carbocycles. The second-order valence-corrected chi connectivity index (χ2v) is 4.24. The zero-order valence-electron chi connectivity index (χ0n) is 11.0. The molecule has 20 heavy (non-hydrogen) atoms. The van der Waals surface area contributed by atoms with Crippen LogP contribution in [0, 0.1) is 12.7 Å². The summed E-state index contributed by atoms with van der Waals surface area (Å²) in [6, 6.07) is 12.7. The molecule has 104 valence electrons. The molecule has 0 saturated heterocycles. The molecule has 5 heteroatoms. The van der Waals surface area contributed by atoms with Crippen LogP contribution in [0.2, 0.25) is 0 Å². The first-order valence-corrected chi connectivity index (χ1v) is 6.13. The minimum Gasteiger partial charge on any atom is -0.473 e. The summed E-state index contributed by atoms with van der Waals surface area (Å²) in [4.78, 5) is 11.5. The van der Waals surface area contributed by atoms with Gasteiger partial charge in [-0.2, -0.15) is 0 Å². The largest absolute Gasteiger partial charge is 0.473 e. The van der Waals surface area contributed by atoms with Crippen LogP contribution >= 0.6 is 0 Å². The molecule has 0 fully saturated rings. The third-order valence-electron chi connectivity index (χ3n) is 2.58. The van der Waals surface area contributed by atoms with Gasteiger partial charge in [0.1, 0.15) is 11.6 Å². The summed E-state index contributed by atoms with van der Waals surface area (Å²) < 4.78 is 18.3. The number of ether oxygens (including phenoxy) is 1. The summed E-state index contributed by atoms with van der Waals surface area (Å²) in [6.07, 6.45) is 0. The van der Waals surface area contributed by atoms with Crippen LogP contribution in [0.5, 0.6) is 5.75 Å². The molecule has 2 amide bonds. The Kier molecular flexibility index (Phi) is 4.55. The van der Waals surface area contributed by atoms with Crippen molar-refractivity contribution in [3.05, 3.63) is 59.9 Å². The summed E-state index contributed by atoms with van der Waals surface area (Å²) in [5, 5.41) is 5.03. The molecule has 0 aliphatic heterocycles. The van der Waals surface area contributed by atoms with Gasteiger partial charge in [-0.15, -0.1) is 0 Å². The Bertz CT molecular complexity index is 585. The van der Waals surface area contributed by atoms with Gasteiger partial charge in [0, 0.05) is 5.69 Å². The van der Waals surface area contributed by atoms with Gasteiger partial charge in [0.05, 0.1) is 0 Å². The molecule has 0 spiro atoms. The molecule has 0 unspecified atom stereocenters. The van der Waals surface area contributed by atoms with Gasteiger partial charge in [-0.05, 0) is 37.3 Å². The number of amides is 2. The highest BCUT2D eigenvalue weighted by Crippen LogP contribution is 2.11. The first-order valence-electron chi connectivity index (χ1n) is 6.13. The summed E-state index contributed by atoms with van der Waals surface area (Å²) in [5.74, 6) is 0.264. The molecule has 2 aromatic carbocycles. The number of aryl methyl sites for hydroxylation is 1. The number of urea groups is 1. The van der Waals surface area contributed by atoms with Crippen molar-refractivity contribution in [2.24, 2.45) is 0 Å². The smallest absolute Gasteiger partial charge is 0.321 e. The second kappa shape index (κ2) is 6.56. The van der Waals surface area contributed by atoms with Crippen LogP contribution in [-0.4, -0.2) is 12.8 Å². The molecule has 2 aromatic rings. The Hall–Kier alpha value is -2.56. The van der Waals surface area contributed by atoms with E-state index in [2.05, 4.69) is 10.6 Å². The lowest BCUT2D eigenvalue weighted by Gasteiger charge is -2.09. The average molecular weight is 274 g/mol. The van der Waals surface area contributed by atoms with Crippen molar-refractivity contribution in [3.8, 4) is 5.75 Å². The number of rotatable bonds is 4. The average Bonchev–Trinajstić information content (AvgIpc) is 2.41. The van der Waals surface area contributed by atoms with Crippen molar-refractivity contribution in [2.45, 2.75) is 6.92 Å². The predicted octanol–water partition coefficient (Wildman–Crippen LogP) is 3.29. The zero-order chi connectivity index (χ0) is 14.4. The fourth-order valence-electron chi connectivity index (χ4n) is 1.56. The maximum Gasteiger partial charge on any atom is 0.321 e. The highest BCUT2D eigenvalue weighted by atomic mass is 19.1. The van der Waals surface area contributed by atoms with Gasteiger partial charge in [0.25, 0.3) is 0 Å². The maximum absolute atomic E-state index is 12.9. The number of nitrogens with one attached hydrogen (secondary N) is 2. The number of carbonyl (C=O) groups is 1. The summed E-state index contributed by atoms with van der Waals surface area (Å²) >= 11 is 0. The van der Waals surface area contributed by atoms with Gasteiger partial charge in [-0.25, -0.2) is 9.18 Å². The lowest BCUT2D eigenvalue weighted by molar-refractivity contribution is 0.234. The highest BCUT2D eigenvalue weighted by molar-refractivity contribution is 5.89. The van der Waals surface area contributed by atoms with Gasteiger partial charge in [-0.1, -0.05) is 23.8 Å². The van der Waals surface area contributed by atoms with E-state index in [0.29, 0.717) is 11.4 Å². The van der Waals surface area contributed by atoms with Crippen molar-refractivity contribution in [1.29, 1.82) is 0 Å². The molecule has 0 aliphatic carbocycles. The van der Waals surface area contributed by atoms with Crippen LogP contribution in [0.4, 0.5) is 14.9 Å². The first-order chi connectivity index (χ1) is 9.63. The quantitative estimate of drug-likeness (QED) is 0.840. The second-order valence-electron chi connectivity index (χ2n) is 4.24. The van der Waals surface area contributed by atoms with Crippen molar-refractivity contribution in [1.82, 2.24) is 5.32 Å². The van der Waals surface area contributed by atoms with Crippen molar-refractivity contribution in [2.75, 3.05) is 12.0 Å². The molecule has 0 aliphatic rings. The minimum absolute atomic E-state index is 0.0320. The Morgan fingerprint density at radius 3 is 2.65 bits per heavy atom. The van der Waals surface area contributed by atoms with E-state index in [1.54, 1.807) is 6.07 Å². The van der Waals surface area contributed by atoms with E-state index in [9.17, 15) is 9.18 Å². The number of hydrogen-bond donors (Lipinski definition) is 2. The molecule has 0 bridgehead atoms. The van der Waals surface area contributed by atoms with E-state index in [4.69, 9.17) is 4.74 Å². The van der Waals surface area contributed by atoms with E-state index >= 15 is 0 Å². The van der Waals surface area contributed by atoms with Crippen LogP contribution in [-0.2, 0) is 0 Å². The van der Waals surface area contributed by atoms with E-state index in [0.717, 1.165) is 5.56 Å². The molecule has 2 N–H and O–H groups in total. The molecule has 2 rings (SSSR count). The molecule has 0 atom stereocenters. The normalized spacial score (nSPS) is 9.90. The van der Waals surface area contributed by atoms with Crippen molar-refractivity contribution < 1.29 is 13.9 Å². The van der Waals surface area contributed by atoms with Crippen LogP contribution in [0.1, 0.15) is 5.56 Å². The maximum atomic E-state index is 12.9.